The van der Waals surface area contributed by atoms with E-state index in [9.17, 15) is 9.59 Å². The van der Waals surface area contributed by atoms with Crippen LogP contribution in [-0.2, 0) is 17.8 Å². The predicted octanol–water partition coefficient (Wildman–Crippen LogP) is 1.84. The van der Waals surface area contributed by atoms with Gasteiger partial charge in [0.15, 0.2) is 0 Å². The highest BCUT2D eigenvalue weighted by atomic mass is 16.4. The Hall–Kier alpha value is -1.85. The molecular formula is C15H23N3O3. The van der Waals surface area contributed by atoms with Gasteiger partial charge in [0, 0.05) is 12.6 Å². The Labute approximate surface area is 124 Å². The fraction of sp³-hybridized carbons (Fsp3) is 0.667. The quantitative estimate of drug-likeness (QED) is 0.867. The summed E-state index contributed by atoms with van der Waals surface area (Å²) in [5.41, 5.74) is 1.51. The molecule has 1 saturated carbocycles. The van der Waals surface area contributed by atoms with Gasteiger partial charge in [0.25, 0.3) is 5.91 Å². The van der Waals surface area contributed by atoms with Gasteiger partial charge >= 0.3 is 5.97 Å². The number of carbonyl (C=O) groups excluding carboxylic acids is 1. The molecule has 1 aromatic rings. The van der Waals surface area contributed by atoms with Crippen molar-refractivity contribution >= 4 is 11.9 Å². The Bertz CT molecular complexity index is 516. The molecule has 1 aromatic heterocycles. The molecule has 0 aliphatic heterocycles. The van der Waals surface area contributed by atoms with Gasteiger partial charge in [-0.15, -0.1) is 0 Å². The second kappa shape index (κ2) is 6.74. The Kier molecular flexibility index (Phi) is 4.98. The van der Waals surface area contributed by atoms with E-state index in [0.717, 1.165) is 25.0 Å². The third-order valence-electron chi connectivity index (χ3n) is 4.14. The molecule has 2 rings (SSSR count). The first-order valence-corrected chi connectivity index (χ1v) is 7.65. The van der Waals surface area contributed by atoms with Crippen LogP contribution in [0.1, 0.15) is 55.7 Å². The molecule has 21 heavy (non-hydrogen) atoms. The molecule has 0 bridgehead atoms. The van der Waals surface area contributed by atoms with Crippen molar-refractivity contribution in [1.82, 2.24) is 15.1 Å². The Morgan fingerprint density at radius 1 is 1.33 bits per heavy atom. The maximum atomic E-state index is 12.3. The molecule has 6 heteroatoms. The van der Waals surface area contributed by atoms with Crippen LogP contribution in [0.15, 0.2) is 6.07 Å². The molecule has 0 saturated heterocycles. The average molecular weight is 293 g/mol. The molecule has 1 aliphatic carbocycles. The zero-order chi connectivity index (χ0) is 15.4. The van der Waals surface area contributed by atoms with Crippen LogP contribution in [0, 0.1) is 5.92 Å². The minimum atomic E-state index is -0.726. The van der Waals surface area contributed by atoms with Gasteiger partial charge in [0.05, 0.1) is 11.6 Å². The van der Waals surface area contributed by atoms with Crippen LogP contribution in [0.5, 0.6) is 0 Å². The van der Waals surface area contributed by atoms with Crippen LogP contribution in [0.2, 0.25) is 0 Å². The standard InChI is InChI=1S/C15H23N3O3/c1-3-11-9-13(18(4-2)17-11)14(19)16-12-7-5-10(6-8-12)15(20)21/h9-10,12H,3-8H2,1-2H3,(H,16,19)(H,20,21). The lowest BCUT2D eigenvalue weighted by Crippen LogP contribution is -2.39. The zero-order valence-electron chi connectivity index (χ0n) is 12.6. The predicted molar refractivity (Wildman–Crippen MR) is 78.1 cm³/mol. The summed E-state index contributed by atoms with van der Waals surface area (Å²) in [6.45, 7) is 4.63. The van der Waals surface area contributed by atoms with E-state index in [1.807, 2.05) is 19.9 Å². The number of carbonyl (C=O) groups is 2. The first-order chi connectivity index (χ1) is 10.0. The van der Waals surface area contributed by atoms with Crippen molar-refractivity contribution in [3.8, 4) is 0 Å². The molecule has 2 N–H and O–H groups in total. The van der Waals surface area contributed by atoms with Crippen LogP contribution in [-0.4, -0.2) is 32.8 Å². The van der Waals surface area contributed by atoms with E-state index in [2.05, 4.69) is 10.4 Å². The van der Waals surface area contributed by atoms with Gasteiger partial charge in [-0.1, -0.05) is 6.92 Å². The topological polar surface area (TPSA) is 84.2 Å². The number of nitrogens with zero attached hydrogens (tertiary/aromatic N) is 2. The summed E-state index contributed by atoms with van der Waals surface area (Å²) >= 11 is 0. The number of carboxylic acid groups (broad SMARTS) is 1. The molecule has 1 aliphatic rings. The lowest BCUT2D eigenvalue weighted by Gasteiger charge is -2.26. The number of aliphatic carboxylic acids is 1. The van der Waals surface area contributed by atoms with Gasteiger partial charge < -0.3 is 10.4 Å². The monoisotopic (exact) mass is 293 g/mol. The Morgan fingerprint density at radius 2 is 2.00 bits per heavy atom. The molecule has 1 heterocycles. The summed E-state index contributed by atoms with van der Waals surface area (Å²) in [4.78, 5) is 23.3. The van der Waals surface area contributed by atoms with Crippen molar-refractivity contribution in [2.45, 2.75) is 58.5 Å². The van der Waals surface area contributed by atoms with Crippen molar-refractivity contribution in [2.24, 2.45) is 5.92 Å². The van der Waals surface area contributed by atoms with E-state index in [1.165, 1.54) is 0 Å². The summed E-state index contributed by atoms with van der Waals surface area (Å²) < 4.78 is 1.72. The van der Waals surface area contributed by atoms with Crippen LogP contribution in [0.4, 0.5) is 0 Å². The highest BCUT2D eigenvalue weighted by Gasteiger charge is 2.27. The van der Waals surface area contributed by atoms with Crippen molar-refractivity contribution in [2.75, 3.05) is 0 Å². The van der Waals surface area contributed by atoms with Gasteiger partial charge in [-0.25, -0.2) is 0 Å². The molecule has 1 amide bonds. The first kappa shape index (κ1) is 15.5. The van der Waals surface area contributed by atoms with Crippen LogP contribution in [0.25, 0.3) is 0 Å². The van der Waals surface area contributed by atoms with Gasteiger partial charge in [0.1, 0.15) is 5.69 Å². The molecule has 0 unspecified atom stereocenters. The van der Waals surface area contributed by atoms with E-state index < -0.39 is 5.97 Å². The fourth-order valence-electron chi connectivity index (χ4n) is 2.81. The molecule has 116 valence electrons. The number of aromatic nitrogens is 2. The minimum absolute atomic E-state index is 0.0679. The summed E-state index contributed by atoms with van der Waals surface area (Å²) in [5, 5.41) is 16.4. The van der Waals surface area contributed by atoms with Crippen LogP contribution < -0.4 is 5.32 Å². The second-order valence-electron chi connectivity index (χ2n) is 5.55. The largest absolute Gasteiger partial charge is 0.481 e. The number of hydrogen-bond donors (Lipinski definition) is 2. The van der Waals surface area contributed by atoms with Gasteiger partial charge in [-0.05, 0) is 45.1 Å². The third kappa shape index (κ3) is 3.62. The summed E-state index contributed by atoms with van der Waals surface area (Å²) in [6, 6.07) is 1.90. The van der Waals surface area contributed by atoms with E-state index in [4.69, 9.17) is 5.11 Å². The zero-order valence-corrected chi connectivity index (χ0v) is 12.6. The number of nitrogens with one attached hydrogen (secondary N) is 1. The van der Waals surface area contributed by atoms with E-state index in [1.54, 1.807) is 4.68 Å². The van der Waals surface area contributed by atoms with E-state index in [0.29, 0.717) is 25.1 Å². The van der Waals surface area contributed by atoms with Gasteiger partial charge in [0.2, 0.25) is 0 Å². The van der Waals surface area contributed by atoms with Crippen LogP contribution in [0.3, 0.4) is 0 Å². The molecule has 0 atom stereocenters. The van der Waals surface area contributed by atoms with Crippen molar-refractivity contribution in [1.29, 1.82) is 0 Å². The molecule has 1 fully saturated rings. The average Bonchev–Trinajstić information content (AvgIpc) is 2.91. The third-order valence-corrected chi connectivity index (χ3v) is 4.14. The highest BCUT2D eigenvalue weighted by molar-refractivity contribution is 5.92. The lowest BCUT2D eigenvalue weighted by atomic mass is 9.86. The maximum absolute atomic E-state index is 12.3. The number of aryl methyl sites for hydroxylation is 2. The van der Waals surface area contributed by atoms with Crippen molar-refractivity contribution in [3.05, 3.63) is 17.5 Å². The Morgan fingerprint density at radius 3 is 2.52 bits per heavy atom. The first-order valence-electron chi connectivity index (χ1n) is 7.65. The van der Waals surface area contributed by atoms with Crippen LogP contribution >= 0.6 is 0 Å². The summed E-state index contributed by atoms with van der Waals surface area (Å²) in [6.07, 6.45) is 3.52. The van der Waals surface area contributed by atoms with Gasteiger partial charge in [-0.2, -0.15) is 5.10 Å². The van der Waals surface area contributed by atoms with Crippen molar-refractivity contribution < 1.29 is 14.7 Å². The normalized spacial score (nSPS) is 22.0. The molecule has 0 radical (unpaired) electrons. The summed E-state index contributed by atoms with van der Waals surface area (Å²) in [5.74, 6) is -1.09. The smallest absolute Gasteiger partial charge is 0.306 e. The second-order valence-corrected chi connectivity index (χ2v) is 5.55. The summed E-state index contributed by atoms with van der Waals surface area (Å²) in [7, 11) is 0. The van der Waals surface area contributed by atoms with E-state index in [-0.39, 0.29) is 17.9 Å². The number of rotatable bonds is 5. The number of hydrogen-bond acceptors (Lipinski definition) is 3. The highest BCUT2D eigenvalue weighted by Crippen LogP contribution is 2.24. The fourth-order valence-corrected chi connectivity index (χ4v) is 2.81. The minimum Gasteiger partial charge on any atom is -0.481 e. The SMILES string of the molecule is CCc1cc(C(=O)NC2CCC(C(=O)O)CC2)n(CC)n1. The number of carboxylic acids is 1. The number of amides is 1. The van der Waals surface area contributed by atoms with Gasteiger partial charge in [-0.3, -0.25) is 14.3 Å². The lowest BCUT2D eigenvalue weighted by molar-refractivity contribution is -0.142. The molecule has 6 nitrogen and oxygen atoms in total. The maximum Gasteiger partial charge on any atom is 0.306 e. The van der Waals surface area contributed by atoms with Crippen molar-refractivity contribution in [3.63, 3.8) is 0 Å². The molecule has 0 spiro atoms. The Balaban J connectivity index is 1.96. The van der Waals surface area contributed by atoms with E-state index >= 15 is 0 Å². The molecular weight excluding hydrogens is 270 g/mol. The molecule has 0 aromatic carbocycles.